The average molecular weight is 247 g/mol. The smallest absolute Gasteiger partial charge is 0.0923 e. The van der Waals surface area contributed by atoms with Crippen LogP contribution in [0.15, 0.2) is 24.3 Å². The van der Waals surface area contributed by atoms with Crippen molar-refractivity contribution in [2.45, 2.75) is 51.2 Å². The van der Waals surface area contributed by atoms with E-state index < -0.39 is 5.60 Å². The topological polar surface area (TPSA) is 23.5 Å². The van der Waals surface area contributed by atoms with Gasteiger partial charge >= 0.3 is 0 Å². The molecule has 2 nitrogen and oxygen atoms in total. The molecule has 1 heterocycles. The van der Waals surface area contributed by atoms with Crippen LogP contribution in [0.4, 0.5) is 0 Å². The molecule has 0 spiro atoms. The molecule has 0 aliphatic carbocycles. The SMILES string of the molecule is CC(C)c1ccc(C2(O)CCN(C)C(C)C2)cc1. The van der Waals surface area contributed by atoms with Crippen LogP contribution in [0, 0.1) is 0 Å². The van der Waals surface area contributed by atoms with E-state index in [9.17, 15) is 5.11 Å². The summed E-state index contributed by atoms with van der Waals surface area (Å²) in [5.41, 5.74) is 1.77. The Hall–Kier alpha value is -0.860. The molecular weight excluding hydrogens is 222 g/mol. The molecule has 0 amide bonds. The van der Waals surface area contributed by atoms with E-state index in [0.717, 1.165) is 24.9 Å². The Bertz CT molecular complexity index is 398. The van der Waals surface area contributed by atoms with Crippen molar-refractivity contribution >= 4 is 0 Å². The Morgan fingerprint density at radius 1 is 1.28 bits per heavy atom. The van der Waals surface area contributed by atoms with Crippen molar-refractivity contribution < 1.29 is 5.11 Å². The maximum atomic E-state index is 10.8. The van der Waals surface area contributed by atoms with E-state index in [4.69, 9.17) is 0 Å². The molecule has 0 aromatic heterocycles. The molecule has 1 aromatic rings. The van der Waals surface area contributed by atoms with Gasteiger partial charge in [0.15, 0.2) is 0 Å². The lowest BCUT2D eigenvalue weighted by Gasteiger charge is -2.41. The first-order valence-electron chi connectivity index (χ1n) is 6.95. The summed E-state index contributed by atoms with van der Waals surface area (Å²) < 4.78 is 0. The van der Waals surface area contributed by atoms with Crippen LogP contribution in [-0.4, -0.2) is 29.6 Å². The molecule has 1 N–H and O–H groups in total. The predicted octanol–water partition coefficient (Wildman–Crippen LogP) is 3.11. The molecule has 1 aromatic carbocycles. The molecule has 18 heavy (non-hydrogen) atoms. The van der Waals surface area contributed by atoms with E-state index >= 15 is 0 Å². The number of nitrogens with zero attached hydrogens (tertiary/aromatic N) is 1. The number of hydrogen-bond acceptors (Lipinski definition) is 2. The van der Waals surface area contributed by atoms with Crippen molar-refractivity contribution in [2.75, 3.05) is 13.6 Å². The van der Waals surface area contributed by atoms with E-state index in [1.165, 1.54) is 5.56 Å². The van der Waals surface area contributed by atoms with Crippen LogP contribution in [0.5, 0.6) is 0 Å². The summed E-state index contributed by atoms with van der Waals surface area (Å²) in [5.74, 6) is 0.546. The fraction of sp³-hybridized carbons (Fsp3) is 0.625. The largest absolute Gasteiger partial charge is 0.385 e. The van der Waals surface area contributed by atoms with Crippen LogP contribution in [0.1, 0.15) is 50.7 Å². The van der Waals surface area contributed by atoms with Crippen LogP contribution in [0.2, 0.25) is 0 Å². The van der Waals surface area contributed by atoms with Crippen LogP contribution >= 0.6 is 0 Å². The molecule has 100 valence electrons. The van der Waals surface area contributed by atoms with Crippen LogP contribution in [0.25, 0.3) is 0 Å². The first kappa shape index (κ1) is 13.6. The molecule has 1 aliphatic rings. The molecule has 2 heteroatoms. The van der Waals surface area contributed by atoms with Crippen molar-refractivity contribution in [1.29, 1.82) is 0 Å². The molecule has 0 radical (unpaired) electrons. The Morgan fingerprint density at radius 2 is 1.89 bits per heavy atom. The van der Waals surface area contributed by atoms with Gasteiger partial charge in [-0.05, 0) is 43.9 Å². The monoisotopic (exact) mass is 247 g/mol. The highest BCUT2D eigenvalue weighted by Gasteiger charge is 2.36. The number of piperidine rings is 1. The van der Waals surface area contributed by atoms with Gasteiger partial charge in [-0.15, -0.1) is 0 Å². The van der Waals surface area contributed by atoms with E-state index in [2.05, 4.69) is 57.0 Å². The normalized spacial score (nSPS) is 29.8. The minimum atomic E-state index is -0.637. The molecule has 2 rings (SSSR count). The second kappa shape index (κ2) is 5.02. The molecule has 1 aliphatic heterocycles. The van der Waals surface area contributed by atoms with E-state index in [1.54, 1.807) is 0 Å². The Morgan fingerprint density at radius 3 is 2.39 bits per heavy atom. The summed E-state index contributed by atoms with van der Waals surface area (Å²) >= 11 is 0. The van der Waals surface area contributed by atoms with Crippen molar-refractivity contribution in [3.63, 3.8) is 0 Å². The average Bonchev–Trinajstić information content (AvgIpc) is 2.34. The number of aliphatic hydroxyl groups is 1. The minimum absolute atomic E-state index is 0.438. The quantitative estimate of drug-likeness (QED) is 0.868. The summed E-state index contributed by atoms with van der Waals surface area (Å²) in [6.45, 7) is 7.54. The van der Waals surface area contributed by atoms with Gasteiger partial charge in [-0.25, -0.2) is 0 Å². The summed E-state index contributed by atoms with van der Waals surface area (Å²) in [7, 11) is 2.13. The zero-order valence-electron chi connectivity index (χ0n) is 12.0. The second-order valence-corrected chi connectivity index (χ2v) is 6.09. The fourth-order valence-electron chi connectivity index (χ4n) is 2.77. The molecule has 1 fully saturated rings. The van der Waals surface area contributed by atoms with Crippen molar-refractivity contribution in [3.8, 4) is 0 Å². The van der Waals surface area contributed by atoms with Gasteiger partial charge in [-0.2, -0.15) is 0 Å². The van der Waals surface area contributed by atoms with E-state index in [0.29, 0.717) is 12.0 Å². The van der Waals surface area contributed by atoms with Crippen molar-refractivity contribution in [2.24, 2.45) is 0 Å². The van der Waals surface area contributed by atoms with Crippen LogP contribution < -0.4 is 0 Å². The number of rotatable bonds is 2. The molecule has 2 unspecified atom stereocenters. The third kappa shape index (κ3) is 2.60. The zero-order chi connectivity index (χ0) is 13.3. The lowest BCUT2D eigenvalue weighted by atomic mass is 9.81. The van der Waals surface area contributed by atoms with Crippen LogP contribution in [-0.2, 0) is 5.60 Å². The maximum Gasteiger partial charge on any atom is 0.0923 e. The fourth-order valence-corrected chi connectivity index (χ4v) is 2.77. The zero-order valence-corrected chi connectivity index (χ0v) is 12.0. The molecule has 2 atom stereocenters. The van der Waals surface area contributed by atoms with E-state index in [-0.39, 0.29) is 0 Å². The van der Waals surface area contributed by atoms with Gasteiger partial charge < -0.3 is 10.0 Å². The summed E-state index contributed by atoms with van der Waals surface area (Å²) in [4.78, 5) is 2.32. The number of likely N-dealkylation sites (tertiary alicyclic amines) is 1. The highest BCUT2D eigenvalue weighted by Crippen LogP contribution is 2.35. The lowest BCUT2D eigenvalue weighted by molar-refractivity contribution is -0.0408. The van der Waals surface area contributed by atoms with Crippen molar-refractivity contribution in [1.82, 2.24) is 4.90 Å². The number of hydrogen-bond donors (Lipinski definition) is 1. The van der Waals surface area contributed by atoms with Gasteiger partial charge in [0, 0.05) is 12.6 Å². The van der Waals surface area contributed by atoms with Gasteiger partial charge in [0.2, 0.25) is 0 Å². The maximum absolute atomic E-state index is 10.8. The Kier molecular flexibility index (Phi) is 3.79. The van der Waals surface area contributed by atoms with Crippen LogP contribution in [0.3, 0.4) is 0 Å². The third-order valence-electron chi connectivity index (χ3n) is 4.38. The second-order valence-electron chi connectivity index (χ2n) is 6.09. The van der Waals surface area contributed by atoms with Crippen molar-refractivity contribution in [3.05, 3.63) is 35.4 Å². The molecule has 0 bridgehead atoms. The Labute approximate surface area is 111 Å². The van der Waals surface area contributed by atoms with Gasteiger partial charge in [-0.3, -0.25) is 0 Å². The standard InChI is InChI=1S/C16H25NO/c1-12(2)14-5-7-15(8-6-14)16(18)9-10-17(4)13(3)11-16/h5-8,12-13,18H,9-11H2,1-4H3. The molecule has 1 saturated heterocycles. The summed E-state index contributed by atoms with van der Waals surface area (Å²) in [5, 5.41) is 10.8. The highest BCUT2D eigenvalue weighted by molar-refractivity contribution is 5.29. The molecular formula is C16H25NO. The first-order valence-corrected chi connectivity index (χ1v) is 6.95. The van der Waals surface area contributed by atoms with Gasteiger partial charge in [-0.1, -0.05) is 38.1 Å². The lowest BCUT2D eigenvalue weighted by Crippen LogP contribution is -2.45. The Balaban J connectivity index is 2.20. The molecule has 0 saturated carbocycles. The highest BCUT2D eigenvalue weighted by atomic mass is 16.3. The van der Waals surface area contributed by atoms with E-state index in [1.807, 2.05) is 0 Å². The first-order chi connectivity index (χ1) is 8.42. The van der Waals surface area contributed by atoms with Gasteiger partial charge in [0.05, 0.1) is 5.60 Å². The third-order valence-corrected chi connectivity index (χ3v) is 4.38. The number of benzene rings is 1. The minimum Gasteiger partial charge on any atom is -0.385 e. The predicted molar refractivity (Wildman–Crippen MR) is 75.8 cm³/mol. The summed E-state index contributed by atoms with van der Waals surface area (Å²) in [6, 6.07) is 8.95. The summed E-state index contributed by atoms with van der Waals surface area (Å²) in [6.07, 6.45) is 1.65. The van der Waals surface area contributed by atoms with Gasteiger partial charge in [0.1, 0.15) is 0 Å². The van der Waals surface area contributed by atoms with Gasteiger partial charge in [0.25, 0.3) is 0 Å².